The van der Waals surface area contributed by atoms with Crippen LogP contribution in [0.3, 0.4) is 0 Å². The van der Waals surface area contributed by atoms with Crippen LogP contribution in [-0.2, 0) is 16.6 Å². The summed E-state index contributed by atoms with van der Waals surface area (Å²) in [6.07, 6.45) is 0. The Bertz CT molecular complexity index is 571. The highest BCUT2D eigenvalue weighted by molar-refractivity contribution is 7.89. The van der Waals surface area contributed by atoms with Crippen LogP contribution in [0.2, 0.25) is 0 Å². The van der Waals surface area contributed by atoms with Gasteiger partial charge in [-0.05, 0) is 25.2 Å². The quantitative estimate of drug-likeness (QED) is 0.844. The number of sulfonamides is 1. The van der Waals surface area contributed by atoms with Crippen LogP contribution in [0.5, 0.6) is 0 Å². The largest absolute Gasteiger partial charge is 0.465 e. The van der Waals surface area contributed by atoms with Crippen LogP contribution in [0.25, 0.3) is 0 Å². The number of hydrogen-bond donors (Lipinski definition) is 2. The Hall–Kier alpha value is -0.850. The van der Waals surface area contributed by atoms with Crippen molar-refractivity contribution in [3.8, 4) is 0 Å². The van der Waals surface area contributed by atoms with Crippen molar-refractivity contribution in [2.75, 3.05) is 6.54 Å². The Morgan fingerprint density at radius 3 is 2.25 bits per heavy atom. The first kappa shape index (κ1) is 17.2. The maximum Gasteiger partial charge on any atom is 0.244 e. The molecular weight excluding hydrogens is 276 g/mol. The summed E-state index contributed by atoms with van der Waals surface area (Å²) >= 11 is 0. The molecule has 0 radical (unpaired) electrons. The van der Waals surface area contributed by atoms with E-state index in [1.54, 1.807) is 13.8 Å². The molecule has 20 heavy (non-hydrogen) atoms. The minimum Gasteiger partial charge on any atom is -0.465 e. The van der Waals surface area contributed by atoms with Crippen molar-refractivity contribution >= 4 is 10.0 Å². The zero-order valence-electron chi connectivity index (χ0n) is 13.2. The summed E-state index contributed by atoms with van der Waals surface area (Å²) in [6.45, 7) is 12.1. The highest BCUT2D eigenvalue weighted by Gasteiger charge is 2.29. The van der Waals surface area contributed by atoms with E-state index in [1.807, 2.05) is 13.8 Å². The molecule has 0 bridgehead atoms. The molecule has 0 atom stereocenters. The van der Waals surface area contributed by atoms with Crippen LogP contribution >= 0.6 is 0 Å². The van der Waals surface area contributed by atoms with E-state index in [-0.39, 0.29) is 16.9 Å². The topological polar surface area (TPSA) is 85.3 Å². The minimum absolute atomic E-state index is 0.122. The monoisotopic (exact) mass is 302 g/mol. The van der Waals surface area contributed by atoms with Crippen molar-refractivity contribution in [1.29, 1.82) is 0 Å². The van der Waals surface area contributed by atoms with Gasteiger partial charge in [-0.25, -0.2) is 13.1 Å². The second-order valence-electron chi connectivity index (χ2n) is 6.19. The summed E-state index contributed by atoms with van der Waals surface area (Å²) < 4.78 is 33.1. The van der Waals surface area contributed by atoms with Crippen molar-refractivity contribution < 1.29 is 12.8 Å². The Labute approximate surface area is 122 Å². The lowest BCUT2D eigenvalue weighted by molar-refractivity contribution is 0.252. The van der Waals surface area contributed by atoms with Crippen LogP contribution in [0, 0.1) is 25.2 Å². The fourth-order valence-electron chi connectivity index (χ4n) is 1.86. The van der Waals surface area contributed by atoms with Crippen molar-refractivity contribution in [2.24, 2.45) is 17.1 Å². The van der Waals surface area contributed by atoms with Crippen LogP contribution in [0.4, 0.5) is 0 Å². The average molecular weight is 302 g/mol. The van der Waals surface area contributed by atoms with Crippen LogP contribution < -0.4 is 10.5 Å². The lowest BCUT2D eigenvalue weighted by atomic mass is 9.81. The zero-order valence-corrected chi connectivity index (χ0v) is 14.0. The predicted octanol–water partition coefficient (Wildman–Crippen LogP) is 2.32. The maximum atomic E-state index is 12.5. The van der Waals surface area contributed by atoms with Crippen LogP contribution in [-0.4, -0.2) is 15.0 Å². The third-order valence-corrected chi connectivity index (χ3v) is 5.67. The van der Waals surface area contributed by atoms with Crippen molar-refractivity contribution in [3.63, 3.8) is 0 Å². The van der Waals surface area contributed by atoms with Gasteiger partial charge in [-0.15, -0.1) is 0 Å². The number of furan rings is 1. The first-order valence-electron chi connectivity index (χ1n) is 6.81. The number of nitrogens with two attached hydrogens (primary N) is 1. The Kier molecular flexibility index (Phi) is 5.05. The summed E-state index contributed by atoms with van der Waals surface area (Å²) in [7, 11) is -3.60. The third kappa shape index (κ3) is 3.42. The van der Waals surface area contributed by atoms with Gasteiger partial charge in [0.1, 0.15) is 16.4 Å². The summed E-state index contributed by atoms with van der Waals surface area (Å²) in [4.78, 5) is 0.192. The molecule has 1 heterocycles. The van der Waals surface area contributed by atoms with Gasteiger partial charge >= 0.3 is 0 Å². The van der Waals surface area contributed by atoms with Crippen LogP contribution in [0.1, 0.15) is 44.8 Å². The fourth-order valence-corrected chi connectivity index (χ4v) is 3.53. The lowest BCUT2D eigenvalue weighted by Gasteiger charge is -2.29. The molecule has 0 saturated carbocycles. The zero-order chi connectivity index (χ0) is 15.7. The Morgan fingerprint density at radius 1 is 1.25 bits per heavy atom. The first-order valence-corrected chi connectivity index (χ1v) is 8.30. The van der Waals surface area contributed by atoms with Gasteiger partial charge in [0.2, 0.25) is 10.0 Å². The van der Waals surface area contributed by atoms with E-state index < -0.39 is 10.0 Å². The lowest BCUT2D eigenvalue weighted by Crippen LogP contribution is -2.37. The molecule has 0 aromatic carbocycles. The summed E-state index contributed by atoms with van der Waals surface area (Å²) in [5.74, 6) is 1.32. The molecule has 0 spiro atoms. The standard InChI is InChI=1S/C14H26N2O3S/c1-9(2)14(5,6)8-16-20(17,18)13-11(4)19-10(3)12(13)7-15/h9,16H,7-8,15H2,1-6H3. The summed E-state index contributed by atoms with van der Waals surface area (Å²) in [6, 6.07) is 0. The number of nitrogens with one attached hydrogen (secondary N) is 1. The van der Waals surface area contributed by atoms with Gasteiger partial charge in [-0.2, -0.15) is 0 Å². The van der Waals surface area contributed by atoms with E-state index in [0.717, 1.165) is 0 Å². The van der Waals surface area contributed by atoms with E-state index >= 15 is 0 Å². The molecule has 5 nitrogen and oxygen atoms in total. The van der Waals surface area contributed by atoms with Crippen molar-refractivity contribution in [2.45, 2.75) is 53.0 Å². The smallest absolute Gasteiger partial charge is 0.244 e. The van der Waals surface area contributed by atoms with Crippen LogP contribution in [0.15, 0.2) is 9.31 Å². The molecule has 0 fully saturated rings. The molecule has 0 aliphatic heterocycles. The molecule has 0 aliphatic carbocycles. The second kappa shape index (κ2) is 5.87. The number of hydrogen-bond acceptors (Lipinski definition) is 4. The highest BCUT2D eigenvalue weighted by atomic mass is 32.2. The van der Waals surface area contributed by atoms with Gasteiger partial charge in [0.05, 0.1) is 0 Å². The number of rotatable bonds is 6. The number of aryl methyl sites for hydroxylation is 2. The molecule has 3 N–H and O–H groups in total. The molecule has 1 aromatic rings. The highest BCUT2D eigenvalue weighted by Crippen LogP contribution is 2.28. The molecular formula is C14H26N2O3S. The second-order valence-corrected chi connectivity index (χ2v) is 7.90. The molecule has 0 saturated heterocycles. The van der Waals surface area contributed by atoms with E-state index in [4.69, 9.17) is 10.2 Å². The van der Waals surface area contributed by atoms with Crippen molar-refractivity contribution in [3.05, 3.63) is 17.1 Å². The fraction of sp³-hybridized carbons (Fsp3) is 0.714. The maximum absolute atomic E-state index is 12.5. The van der Waals surface area contributed by atoms with Gasteiger partial charge in [-0.1, -0.05) is 27.7 Å². The van der Waals surface area contributed by atoms with Gasteiger partial charge in [0.25, 0.3) is 0 Å². The average Bonchev–Trinajstić information content (AvgIpc) is 2.61. The van der Waals surface area contributed by atoms with E-state index in [9.17, 15) is 8.42 Å². The van der Waals surface area contributed by atoms with E-state index in [1.165, 1.54) is 0 Å². The summed E-state index contributed by atoms with van der Waals surface area (Å²) in [5, 5.41) is 0. The normalized spacial score (nSPS) is 13.2. The SMILES string of the molecule is Cc1oc(C)c(S(=O)(=O)NCC(C)(C)C(C)C)c1CN. The summed E-state index contributed by atoms with van der Waals surface area (Å²) in [5.41, 5.74) is 6.07. The third-order valence-electron chi connectivity index (χ3n) is 4.08. The Balaban J connectivity index is 3.07. The first-order chi connectivity index (χ1) is 9.03. The minimum atomic E-state index is -3.60. The molecule has 0 amide bonds. The molecule has 1 aromatic heterocycles. The molecule has 116 valence electrons. The Morgan fingerprint density at radius 2 is 1.80 bits per heavy atom. The van der Waals surface area contributed by atoms with E-state index in [0.29, 0.717) is 29.5 Å². The molecule has 0 unspecified atom stereocenters. The molecule has 1 rings (SSSR count). The predicted molar refractivity (Wildman–Crippen MR) is 79.9 cm³/mol. The molecule has 6 heteroatoms. The van der Waals surface area contributed by atoms with Gasteiger partial charge in [0, 0.05) is 18.7 Å². The van der Waals surface area contributed by atoms with Gasteiger partial charge in [-0.3, -0.25) is 0 Å². The van der Waals surface area contributed by atoms with Gasteiger partial charge < -0.3 is 10.2 Å². The van der Waals surface area contributed by atoms with Crippen molar-refractivity contribution in [1.82, 2.24) is 4.72 Å². The van der Waals surface area contributed by atoms with Gasteiger partial charge in [0.15, 0.2) is 0 Å². The van der Waals surface area contributed by atoms with E-state index in [2.05, 4.69) is 18.6 Å². The molecule has 0 aliphatic rings.